The molecule has 0 aromatic heterocycles. The molecule has 242 valence electrons. The van der Waals surface area contributed by atoms with Gasteiger partial charge in [-0.3, -0.25) is 19.2 Å². The molecular weight excluding hydrogens is 580 g/mol. The number of hydrogen-bond donors (Lipinski definition) is 0. The molecule has 4 rings (SSSR count). The molecular formula is C35H48O8S. The quantitative estimate of drug-likeness (QED) is 0.0775. The van der Waals surface area contributed by atoms with E-state index in [9.17, 15) is 19.2 Å². The van der Waals surface area contributed by atoms with Crippen LogP contribution in [0.25, 0.3) is 0 Å². The van der Waals surface area contributed by atoms with Crippen LogP contribution < -0.4 is 0 Å². The lowest BCUT2D eigenvalue weighted by atomic mass is 9.68. The van der Waals surface area contributed by atoms with Crippen molar-refractivity contribution in [3.63, 3.8) is 0 Å². The molecule has 8 nitrogen and oxygen atoms in total. The normalized spacial score (nSPS) is 29.2. The zero-order valence-corrected chi connectivity index (χ0v) is 28.1. The van der Waals surface area contributed by atoms with E-state index in [0.717, 1.165) is 23.3 Å². The molecule has 0 radical (unpaired) electrons. The van der Waals surface area contributed by atoms with Crippen molar-refractivity contribution in [3.8, 4) is 0 Å². The van der Waals surface area contributed by atoms with Gasteiger partial charge in [0, 0.05) is 36.7 Å². The van der Waals surface area contributed by atoms with Gasteiger partial charge < -0.3 is 18.9 Å². The van der Waals surface area contributed by atoms with Crippen LogP contribution in [0.3, 0.4) is 0 Å². The van der Waals surface area contributed by atoms with Gasteiger partial charge in [0.1, 0.15) is 41.4 Å². The highest BCUT2D eigenvalue weighted by Crippen LogP contribution is 2.59. The molecule has 6 atom stereocenters. The number of ether oxygens (including phenoxy) is 4. The zero-order chi connectivity index (χ0) is 32.3. The van der Waals surface area contributed by atoms with Crippen molar-refractivity contribution in [3.05, 3.63) is 41.5 Å². The van der Waals surface area contributed by atoms with Crippen molar-refractivity contribution in [1.82, 2.24) is 0 Å². The molecule has 44 heavy (non-hydrogen) atoms. The summed E-state index contributed by atoms with van der Waals surface area (Å²) in [7, 11) is 1.63. The summed E-state index contributed by atoms with van der Waals surface area (Å²) >= 11 is 1.34. The Bertz CT molecular complexity index is 1250. The SMILES string of the molecule is CO[C@@H]1[C@H](OC(=O)CC(=O)CSc2ccc(CC(=O)CCC(=O)C(C)(C)C)cc2)CC[C@]2(CO2)[C@H]1[C@@]1(C)O[C@@H]1CC=C(C)C. The summed E-state index contributed by atoms with van der Waals surface area (Å²) in [6.45, 7) is 12.5. The summed E-state index contributed by atoms with van der Waals surface area (Å²) in [5, 5.41) is 0. The highest BCUT2D eigenvalue weighted by Gasteiger charge is 2.72. The molecule has 1 aromatic carbocycles. The third kappa shape index (κ3) is 8.68. The Morgan fingerprint density at radius 2 is 1.75 bits per heavy atom. The summed E-state index contributed by atoms with van der Waals surface area (Å²) in [6, 6.07) is 7.46. The fourth-order valence-electron chi connectivity index (χ4n) is 6.30. The fraction of sp³-hybridized carbons (Fsp3) is 0.657. The molecule has 1 aromatic rings. The first kappa shape index (κ1) is 34.5. The van der Waals surface area contributed by atoms with Crippen LogP contribution in [0.15, 0.2) is 40.8 Å². The first-order valence-electron chi connectivity index (χ1n) is 15.6. The maximum Gasteiger partial charge on any atom is 0.313 e. The van der Waals surface area contributed by atoms with Gasteiger partial charge in [0.25, 0.3) is 0 Å². The molecule has 1 aliphatic carbocycles. The molecule has 9 heteroatoms. The van der Waals surface area contributed by atoms with E-state index in [1.165, 1.54) is 17.3 Å². The van der Waals surface area contributed by atoms with Crippen molar-refractivity contribution in [2.75, 3.05) is 19.5 Å². The maximum absolute atomic E-state index is 12.9. The monoisotopic (exact) mass is 628 g/mol. The Kier molecular flexibility index (Phi) is 11.0. The molecule has 2 saturated heterocycles. The summed E-state index contributed by atoms with van der Waals surface area (Å²) in [6.07, 6.45) is 4.03. The number of allylic oxidation sites excluding steroid dienone is 1. The van der Waals surface area contributed by atoms with Gasteiger partial charge in [0.05, 0.1) is 24.4 Å². The van der Waals surface area contributed by atoms with E-state index < -0.39 is 23.1 Å². The van der Waals surface area contributed by atoms with Gasteiger partial charge in [-0.1, -0.05) is 44.6 Å². The van der Waals surface area contributed by atoms with Crippen LogP contribution in [0.5, 0.6) is 0 Å². The lowest BCUT2D eigenvalue weighted by Crippen LogP contribution is -2.55. The number of carbonyl (C=O) groups excluding carboxylic acids is 4. The van der Waals surface area contributed by atoms with Crippen LogP contribution in [0.1, 0.15) is 85.6 Å². The Hall–Kier alpha value is -2.33. The van der Waals surface area contributed by atoms with Gasteiger partial charge in [0.15, 0.2) is 5.78 Å². The van der Waals surface area contributed by atoms with Crippen LogP contribution >= 0.6 is 11.8 Å². The lowest BCUT2D eigenvalue weighted by molar-refractivity contribution is -0.172. The summed E-state index contributed by atoms with van der Waals surface area (Å²) in [5.74, 6) is -0.587. The molecule has 3 fully saturated rings. The Labute approximate surface area is 266 Å². The number of benzene rings is 1. The van der Waals surface area contributed by atoms with Crippen LogP contribution in [0.4, 0.5) is 0 Å². The van der Waals surface area contributed by atoms with Gasteiger partial charge in [-0.05, 0) is 57.7 Å². The van der Waals surface area contributed by atoms with E-state index in [-0.39, 0.29) is 72.5 Å². The van der Waals surface area contributed by atoms with Crippen molar-refractivity contribution >= 4 is 35.1 Å². The Balaban J connectivity index is 1.23. The van der Waals surface area contributed by atoms with Gasteiger partial charge in [-0.25, -0.2) is 0 Å². The van der Waals surface area contributed by atoms with Crippen LogP contribution in [0.2, 0.25) is 0 Å². The Morgan fingerprint density at radius 1 is 1.07 bits per heavy atom. The second kappa shape index (κ2) is 14.0. The minimum absolute atomic E-state index is 0.0267. The average Bonchev–Trinajstić information content (AvgIpc) is 3.87. The highest BCUT2D eigenvalue weighted by molar-refractivity contribution is 8.00. The highest BCUT2D eigenvalue weighted by atomic mass is 32.2. The van der Waals surface area contributed by atoms with Gasteiger partial charge in [-0.15, -0.1) is 11.8 Å². The summed E-state index contributed by atoms with van der Waals surface area (Å²) < 4.78 is 24.0. The minimum Gasteiger partial charge on any atom is -0.459 e. The van der Waals surface area contributed by atoms with E-state index in [0.29, 0.717) is 13.0 Å². The molecule has 1 saturated carbocycles. The number of thioether (sulfide) groups is 1. The van der Waals surface area contributed by atoms with Crippen LogP contribution in [-0.2, 0) is 44.5 Å². The second-order valence-corrected chi connectivity index (χ2v) is 15.0. The topological polar surface area (TPSA) is 112 Å². The average molecular weight is 629 g/mol. The number of carbonyl (C=O) groups is 4. The van der Waals surface area contributed by atoms with Crippen LogP contribution in [0, 0.1) is 11.3 Å². The number of ketones is 3. The first-order chi connectivity index (χ1) is 20.7. The van der Waals surface area contributed by atoms with E-state index >= 15 is 0 Å². The van der Waals surface area contributed by atoms with Gasteiger partial charge in [0.2, 0.25) is 0 Å². The summed E-state index contributed by atoms with van der Waals surface area (Å²) in [5.41, 5.74) is 0.941. The standard InChI is InChI=1S/C35H48O8S/c1-22(2)8-15-29-34(6,43-29)32-31(40-7)27(16-17-35(32)21-41-35)42-30(39)19-25(37)20-44-26-12-9-23(10-13-26)18-24(36)11-14-28(38)33(3,4)5/h8-10,12-13,27,29,31-32H,11,14-21H2,1-7H3/t27-,29-,31-,32-,34+,35+/m1/s1. The lowest BCUT2D eigenvalue weighted by Gasteiger charge is -2.42. The largest absolute Gasteiger partial charge is 0.459 e. The molecule has 0 N–H and O–H groups in total. The van der Waals surface area contributed by atoms with Crippen molar-refractivity contribution in [2.24, 2.45) is 11.3 Å². The third-order valence-electron chi connectivity index (χ3n) is 9.05. The van der Waals surface area contributed by atoms with E-state index in [4.69, 9.17) is 18.9 Å². The molecule has 1 spiro atoms. The number of hydrogen-bond acceptors (Lipinski definition) is 9. The number of Topliss-reactive ketones (excluding diaryl/α,β-unsaturated/α-hetero) is 3. The van der Waals surface area contributed by atoms with E-state index in [1.54, 1.807) is 7.11 Å². The van der Waals surface area contributed by atoms with Gasteiger partial charge >= 0.3 is 5.97 Å². The fourth-order valence-corrected chi connectivity index (χ4v) is 7.06. The van der Waals surface area contributed by atoms with Crippen molar-refractivity contribution < 1.29 is 38.1 Å². The first-order valence-corrected chi connectivity index (χ1v) is 16.6. The molecule has 2 aliphatic heterocycles. The predicted octanol–water partition coefficient (Wildman–Crippen LogP) is 5.86. The predicted molar refractivity (Wildman–Crippen MR) is 169 cm³/mol. The third-order valence-corrected chi connectivity index (χ3v) is 10.1. The molecule has 3 aliphatic rings. The van der Waals surface area contributed by atoms with Crippen molar-refractivity contribution in [1.29, 1.82) is 0 Å². The second-order valence-electron chi connectivity index (χ2n) is 13.9. The zero-order valence-electron chi connectivity index (χ0n) is 27.2. The molecule has 0 bridgehead atoms. The van der Waals surface area contributed by atoms with E-state index in [1.807, 2.05) is 45.0 Å². The number of methoxy groups -OCH3 is 1. The summed E-state index contributed by atoms with van der Waals surface area (Å²) in [4.78, 5) is 50.8. The Morgan fingerprint density at radius 3 is 2.34 bits per heavy atom. The molecule has 0 amide bonds. The molecule has 2 heterocycles. The number of esters is 1. The van der Waals surface area contributed by atoms with Crippen LogP contribution in [-0.4, -0.2) is 72.3 Å². The molecule has 0 unspecified atom stereocenters. The number of epoxide rings is 2. The maximum atomic E-state index is 12.9. The van der Waals surface area contributed by atoms with Gasteiger partial charge in [-0.2, -0.15) is 0 Å². The smallest absolute Gasteiger partial charge is 0.313 e. The van der Waals surface area contributed by atoms with E-state index in [2.05, 4.69) is 26.8 Å². The minimum atomic E-state index is -0.546. The van der Waals surface area contributed by atoms with Crippen molar-refractivity contribution in [2.45, 2.75) is 121 Å². The number of rotatable bonds is 15.